The van der Waals surface area contributed by atoms with E-state index in [1.807, 2.05) is 37.3 Å². The summed E-state index contributed by atoms with van der Waals surface area (Å²) in [6.07, 6.45) is 2.39. The van der Waals surface area contributed by atoms with Crippen molar-refractivity contribution in [3.8, 4) is 5.75 Å². The molecule has 0 spiro atoms. The minimum Gasteiger partial charge on any atom is -0.494 e. The van der Waals surface area contributed by atoms with Gasteiger partial charge in [-0.05, 0) is 76.5 Å². The molecule has 2 aromatic carbocycles. The van der Waals surface area contributed by atoms with Crippen molar-refractivity contribution in [2.45, 2.75) is 25.8 Å². The summed E-state index contributed by atoms with van der Waals surface area (Å²) >= 11 is 0. The highest BCUT2D eigenvalue weighted by molar-refractivity contribution is 7.70. The number of methoxy groups -OCH3 is 1. The van der Waals surface area contributed by atoms with Gasteiger partial charge in [0, 0.05) is 74.1 Å². The smallest absolute Gasteiger partial charge is 0.144 e. The van der Waals surface area contributed by atoms with Gasteiger partial charge >= 0.3 is 0 Å². The summed E-state index contributed by atoms with van der Waals surface area (Å²) in [5.74, 6) is 2.79. The van der Waals surface area contributed by atoms with E-state index in [2.05, 4.69) is 60.5 Å². The van der Waals surface area contributed by atoms with Crippen molar-refractivity contribution in [1.29, 1.82) is 0 Å². The highest BCUT2D eigenvalue weighted by atomic mass is 31.2. The zero-order valence-corrected chi connectivity index (χ0v) is 25.2. The molecule has 2 fully saturated rings. The number of aromatic nitrogens is 2. The van der Waals surface area contributed by atoms with Gasteiger partial charge in [-0.2, -0.15) is 0 Å². The molecule has 3 aromatic rings. The van der Waals surface area contributed by atoms with Crippen LogP contribution >= 0.6 is 7.14 Å². The van der Waals surface area contributed by atoms with Crippen LogP contribution in [0.1, 0.15) is 18.7 Å². The SMILES string of the molecule is COc1cc(N2CCC(N3CCN(C)CC3)CC2)ccc1Nc1cc(Nc2ccc(P(C)(C)=O)cc2)nc(C)n1. The summed E-state index contributed by atoms with van der Waals surface area (Å²) in [6.45, 7) is 12.2. The molecule has 0 unspecified atom stereocenters. The van der Waals surface area contributed by atoms with Gasteiger partial charge in [0.15, 0.2) is 0 Å². The first-order chi connectivity index (χ1) is 19.2. The Kier molecular flexibility index (Phi) is 8.64. The van der Waals surface area contributed by atoms with Crippen molar-refractivity contribution in [3.05, 3.63) is 54.4 Å². The molecule has 0 saturated carbocycles. The Labute approximate surface area is 238 Å². The number of rotatable bonds is 8. The first kappa shape index (κ1) is 28.4. The molecule has 0 bridgehead atoms. The molecule has 2 aliphatic heterocycles. The molecule has 2 saturated heterocycles. The van der Waals surface area contributed by atoms with Crippen LogP contribution in [0.5, 0.6) is 5.75 Å². The molecule has 40 heavy (non-hydrogen) atoms. The number of aryl methyl sites for hydroxylation is 1. The van der Waals surface area contributed by atoms with E-state index in [0.29, 0.717) is 23.5 Å². The third-order valence-electron chi connectivity index (χ3n) is 7.93. The van der Waals surface area contributed by atoms with Crippen LogP contribution in [0.2, 0.25) is 0 Å². The number of piperidine rings is 1. The van der Waals surface area contributed by atoms with Gasteiger partial charge in [0.05, 0.1) is 12.8 Å². The Morgan fingerprint density at radius 1 is 0.875 bits per heavy atom. The Morgan fingerprint density at radius 2 is 1.52 bits per heavy atom. The summed E-state index contributed by atoms with van der Waals surface area (Å²) in [5.41, 5.74) is 2.92. The maximum absolute atomic E-state index is 12.3. The third-order valence-corrected chi connectivity index (χ3v) is 9.47. The van der Waals surface area contributed by atoms with Crippen molar-refractivity contribution in [2.75, 3.05) is 82.3 Å². The second-order valence-corrected chi connectivity index (χ2v) is 14.5. The number of nitrogens with one attached hydrogen (secondary N) is 2. The minimum absolute atomic E-state index is 0.648. The molecule has 214 valence electrons. The third kappa shape index (κ3) is 6.95. The van der Waals surface area contributed by atoms with Crippen LogP contribution in [-0.2, 0) is 4.57 Å². The number of piperazine rings is 1. The average Bonchev–Trinajstić information content (AvgIpc) is 2.93. The quantitative estimate of drug-likeness (QED) is 0.377. The highest BCUT2D eigenvalue weighted by Crippen LogP contribution is 2.35. The van der Waals surface area contributed by atoms with Crippen molar-refractivity contribution in [1.82, 2.24) is 19.8 Å². The number of likely N-dealkylation sites (N-methyl/N-ethyl adjacent to an activating group) is 1. The zero-order valence-electron chi connectivity index (χ0n) is 24.4. The fourth-order valence-electron chi connectivity index (χ4n) is 5.54. The molecule has 9 nitrogen and oxygen atoms in total. The fourth-order valence-corrected chi connectivity index (χ4v) is 6.41. The second-order valence-electron chi connectivity index (χ2n) is 11.3. The van der Waals surface area contributed by atoms with Gasteiger partial charge in [-0.3, -0.25) is 4.90 Å². The molecular formula is C30H42N7O2P. The fraction of sp³-hybridized carbons (Fsp3) is 0.467. The van der Waals surface area contributed by atoms with Crippen LogP contribution in [-0.4, -0.2) is 92.6 Å². The predicted octanol–water partition coefficient (Wildman–Crippen LogP) is 4.75. The normalized spacial score (nSPS) is 17.6. The van der Waals surface area contributed by atoms with Gasteiger partial charge in [0.25, 0.3) is 0 Å². The summed E-state index contributed by atoms with van der Waals surface area (Å²) < 4.78 is 18.1. The van der Waals surface area contributed by atoms with E-state index in [9.17, 15) is 4.57 Å². The molecular weight excluding hydrogens is 521 g/mol. The summed E-state index contributed by atoms with van der Waals surface area (Å²) in [5, 5.41) is 7.61. The molecule has 0 atom stereocenters. The van der Waals surface area contributed by atoms with Crippen LogP contribution < -0.4 is 25.6 Å². The highest BCUT2D eigenvalue weighted by Gasteiger charge is 2.27. The van der Waals surface area contributed by atoms with E-state index in [4.69, 9.17) is 4.74 Å². The molecule has 0 radical (unpaired) electrons. The molecule has 10 heteroatoms. The van der Waals surface area contributed by atoms with Crippen molar-refractivity contribution in [3.63, 3.8) is 0 Å². The van der Waals surface area contributed by atoms with Gasteiger partial charge < -0.3 is 29.7 Å². The monoisotopic (exact) mass is 563 g/mol. The second kappa shape index (κ2) is 12.2. The van der Waals surface area contributed by atoms with Crippen LogP contribution in [0.25, 0.3) is 0 Å². The molecule has 1 aromatic heterocycles. The number of nitrogens with zero attached hydrogens (tertiary/aromatic N) is 5. The van der Waals surface area contributed by atoms with E-state index in [-0.39, 0.29) is 0 Å². The van der Waals surface area contributed by atoms with Crippen LogP contribution in [0.4, 0.5) is 28.7 Å². The summed E-state index contributed by atoms with van der Waals surface area (Å²) in [6, 6.07) is 16.6. The molecule has 2 N–H and O–H groups in total. The number of anilines is 5. The first-order valence-electron chi connectivity index (χ1n) is 14.1. The van der Waals surface area contributed by atoms with Gasteiger partial charge in [0.1, 0.15) is 30.4 Å². The van der Waals surface area contributed by atoms with Gasteiger partial charge in [-0.15, -0.1) is 0 Å². The lowest BCUT2D eigenvalue weighted by atomic mass is 10.0. The maximum atomic E-state index is 12.3. The van der Waals surface area contributed by atoms with E-state index in [0.717, 1.165) is 35.5 Å². The van der Waals surface area contributed by atoms with E-state index >= 15 is 0 Å². The first-order valence-corrected chi connectivity index (χ1v) is 16.7. The van der Waals surface area contributed by atoms with Gasteiger partial charge in [-0.1, -0.05) is 0 Å². The lowest BCUT2D eigenvalue weighted by molar-refractivity contribution is 0.0982. The number of ether oxygens (including phenoxy) is 1. The Morgan fingerprint density at radius 3 is 2.15 bits per heavy atom. The molecule has 2 aliphatic rings. The largest absolute Gasteiger partial charge is 0.494 e. The van der Waals surface area contributed by atoms with Gasteiger partial charge in [0.2, 0.25) is 0 Å². The van der Waals surface area contributed by atoms with E-state index < -0.39 is 7.14 Å². The Bertz CT molecular complexity index is 1340. The molecule has 0 amide bonds. The number of hydrogen-bond donors (Lipinski definition) is 2. The topological polar surface area (TPSA) is 85.9 Å². The zero-order chi connectivity index (χ0) is 28.3. The van der Waals surface area contributed by atoms with Crippen LogP contribution in [0.15, 0.2) is 48.5 Å². The summed E-state index contributed by atoms with van der Waals surface area (Å²) in [4.78, 5) is 16.7. The maximum Gasteiger partial charge on any atom is 0.144 e. The average molecular weight is 564 g/mol. The van der Waals surface area contributed by atoms with Crippen molar-refractivity contribution >= 4 is 41.1 Å². The molecule has 0 aliphatic carbocycles. The standard InChI is InChI=1S/C30H42N7O2P/c1-22-31-29(33-23-6-9-26(10-7-23)40(4,5)38)21-30(32-22)34-27-11-8-25(20-28(27)39-3)36-14-12-24(13-15-36)37-18-16-35(2)17-19-37/h6-11,20-21,24H,12-19H2,1-5H3,(H2,31,32,33,34). The van der Waals surface area contributed by atoms with Crippen LogP contribution in [0.3, 0.4) is 0 Å². The lowest BCUT2D eigenvalue weighted by Crippen LogP contribution is -2.52. The Hall–Kier alpha value is -3.13. The minimum atomic E-state index is -2.29. The van der Waals surface area contributed by atoms with Crippen molar-refractivity contribution < 1.29 is 9.30 Å². The number of hydrogen-bond acceptors (Lipinski definition) is 9. The summed E-state index contributed by atoms with van der Waals surface area (Å²) in [7, 11) is 1.63. The van der Waals surface area contributed by atoms with E-state index in [1.165, 1.54) is 44.7 Å². The van der Waals surface area contributed by atoms with Gasteiger partial charge in [-0.25, -0.2) is 9.97 Å². The number of benzene rings is 2. The molecule has 5 rings (SSSR count). The van der Waals surface area contributed by atoms with E-state index in [1.54, 1.807) is 20.4 Å². The molecule has 3 heterocycles. The lowest BCUT2D eigenvalue weighted by Gasteiger charge is -2.42. The Balaban J connectivity index is 1.24. The van der Waals surface area contributed by atoms with Crippen molar-refractivity contribution in [2.24, 2.45) is 0 Å². The van der Waals surface area contributed by atoms with Crippen LogP contribution in [0, 0.1) is 6.92 Å². The predicted molar refractivity (Wildman–Crippen MR) is 166 cm³/mol.